The van der Waals surface area contributed by atoms with Crippen molar-refractivity contribution in [1.82, 2.24) is 9.55 Å². The summed E-state index contributed by atoms with van der Waals surface area (Å²) in [5, 5.41) is 3.44. The molecule has 0 bridgehead atoms. The number of nitrogens with zero attached hydrogens (tertiary/aromatic N) is 2. The van der Waals surface area contributed by atoms with Crippen LogP contribution in [0.5, 0.6) is 0 Å². The molecule has 0 amide bonds. The molecule has 0 radical (unpaired) electrons. The summed E-state index contributed by atoms with van der Waals surface area (Å²) in [5.74, 6) is -2.38. The van der Waals surface area contributed by atoms with E-state index >= 15 is 0 Å². The second kappa shape index (κ2) is 8.62. The summed E-state index contributed by atoms with van der Waals surface area (Å²) in [6, 6.07) is 31.5. The molecule has 4 aromatic rings. The van der Waals surface area contributed by atoms with Gasteiger partial charge in [0.05, 0.1) is 0 Å². The van der Waals surface area contributed by atoms with Crippen molar-refractivity contribution in [3.63, 3.8) is 0 Å². The van der Waals surface area contributed by atoms with Gasteiger partial charge in [-0.25, -0.2) is 0 Å². The Bertz CT molecular complexity index is 986. The van der Waals surface area contributed by atoms with E-state index in [0.29, 0.717) is 6.16 Å². The first kappa shape index (κ1) is 22.1. The van der Waals surface area contributed by atoms with Gasteiger partial charge in [0.25, 0.3) is 0 Å². The molecule has 6 heteroatoms. The van der Waals surface area contributed by atoms with Crippen LogP contribution in [0.1, 0.15) is 5.82 Å². The van der Waals surface area contributed by atoms with E-state index in [1.165, 1.54) is 0 Å². The van der Waals surface area contributed by atoms with Gasteiger partial charge in [-0.3, -0.25) is 0 Å². The first-order chi connectivity index (χ1) is 13.5. The van der Waals surface area contributed by atoms with Crippen LogP contribution in [-0.4, -0.2) is 9.55 Å². The Kier molecular flexibility index (Phi) is 6.55. The summed E-state index contributed by atoms with van der Waals surface area (Å²) < 4.78 is 2.88. The molecule has 0 N–H and O–H groups in total. The first-order valence-electron chi connectivity index (χ1n) is 9.10. The average molecular weight is 508 g/mol. The number of rotatable bonds is 5. The van der Waals surface area contributed by atoms with Crippen LogP contribution in [0.15, 0.2) is 102 Å². The van der Waals surface area contributed by atoms with Gasteiger partial charge in [0, 0.05) is 0 Å². The number of aromatic nitrogens is 2. The zero-order valence-corrected chi connectivity index (χ0v) is 20.0. The fourth-order valence-electron chi connectivity index (χ4n) is 3.82. The minimum absolute atomic E-state index is 0. The van der Waals surface area contributed by atoms with Gasteiger partial charge in [0.15, 0.2) is 0 Å². The van der Waals surface area contributed by atoms with Gasteiger partial charge >= 0.3 is 179 Å². The van der Waals surface area contributed by atoms with Crippen molar-refractivity contribution < 1.29 is 0 Å². The number of aryl methyl sites for hydroxylation is 1. The zero-order valence-electron chi connectivity index (χ0n) is 16.0. The van der Waals surface area contributed by atoms with Gasteiger partial charge in [-0.15, -0.1) is 12.4 Å². The van der Waals surface area contributed by atoms with Crippen molar-refractivity contribution >= 4 is 61.4 Å². The van der Waals surface area contributed by atoms with Crippen molar-refractivity contribution in [2.24, 2.45) is 7.05 Å². The third-order valence-electron chi connectivity index (χ3n) is 5.27. The van der Waals surface area contributed by atoms with E-state index in [0.717, 1.165) is 26.3 Å². The molecule has 2 nitrogen and oxygen atoms in total. The van der Waals surface area contributed by atoms with Crippen molar-refractivity contribution in [3.8, 4) is 0 Å². The van der Waals surface area contributed by atoms with E-state index in [1.54, 1.807) is 0 Å². The van der Waals surface area contributed by atoms with Gasteiger partial charge in [0.2, 0.25) is 0 Å². The molecule has 0 atom stereocenters. The van der Waals surface area contributed by atoms with E-state index in [-0.39, 0.29) is 12.4 Å². The van der Waals surface area contributed by atoms with Crippen LogP contribution >= 0.6 is 45.5 Å². The molecule has 0 fully saturated rings. The van der Waals surface area contributed by atoms with Gasteiger partial charge in [-0.1, -0.05) is 0 Å². The molecular weight excluding hydrogens is 486 g/mol. The third kappa shape index (κ3) is 3.78. The molecule has 0 aliphatic heterocycles. The third-order valence-corrected chi connectivity index (χ3v) is 12.8. The van der Waals surface area contributed by atoms with Gasteiger partial charge in [-0.05, 0) is 0 Å². The topological polar surface area (TPSA) is 17.8 Å². The summed E-state index contributed by atoms with van der Waals surface area (Å²) in [6.45, 7) is 0. The molecule has 150 valence electrons. The average Bonchev–Trinajstić information content (AvgIpc) is 3.06. The van der Waals surface area contributed by atoms with Crippen LogP contribution in [0.2, 0.25) is 0 Å². The molecule has 0 saturated heterocycles. The summed E-state index contributed by atoms with van der Waals surface area (Å²) in [7, 11) is 2.02. The molecule has 1 aromatic heterocycles. The standard InChI is InChI=1S/C23H21BrClN2P.ClH/c1-27-17-22(24)26-23(27)18-28(25,19-11-5-2-6-12-19,20-13-7-3-8-14-20)21-15-9-4-10-16-21;/h2-17H,18H2,1H3;1H. The number of hydrogen-bond acceptors (Lipinski definition) is 1. The fraction of sp³-hybridized carbons (Fsp3) is 0.0870. The van der Waals surface area contributed by atoms with Crippen molar-refractivity contribution in [2.75, 3.05) is 0 Å². The molecule has 29 heavy (non-hydrogen) atoms. The van der Waals surface area contributed by atoms with Crippen LogP contribution in [-0.2, 0) is 13.2 Å². The Balaban J connectivity index is 0.00000240. The minimum atomic E-state index is -3.33. The van der Waals surface area contributed by atoms with Crippen LogP contribution in [0.3, 0.4) is 0 Å². The SMILES string of the molecule is Cl.Cn1cc(Br)nc1CP(Cl)(c1ccccc1)(c1ccccc1)c1ccccc1. The van der Waals surface area contributed by atoms with E-state index in [4.69, 9.17) is 16.2 Å². The van der Waals surface area contributed by atoms with Crippen LogP contribution < -0.4 is 15.9 Å². The molecular formula is C23H22BrCl2N2P. The van der Waals surface area contributed by atoms with E-state index in [2.05, 4.69) is 93.3 Å². The number of imidazole rings is 1. The van der Waals surface area contributed by atoms with E-state index < -0.39 is 5.96 Å². The van der Waals surface area contributed by atoms with Crippen molar-refractivity contribution in [2.45, 2.75) is 6.16 Å². The summed E-state index contributed by atoms with van der Waals surface area (Å²) >= 11 is 11.6. The second-order valence-electron chi connectivity index (χ2n) is 6.94. The molecule has 3 aromatic carbocycles. The summed E-state index contributed by atoms with van der Waals surface area (Å²) in [4.78, 5) is 4.74. The molecule has 0 unspecified atom stereocenters. The molecule has 0 aliphatic rings. The Morgan fingerprint density at radius 3 is 1.48 bits per heavy atom. The summed E-state index contributed by atoms with van der Waals surface area (Å²) in [5.41, 5.74) is 0. The van der Waals surface area contributed by atoms with Crippen LogP contribution in [0, 0.1) is 0 Å². The Labute approximate surface area is 191 Å². The molecule has 0 spiro atoms. The number of halogens is 3. The summed E-state index contributed by atoms with van der Waals surface area (Å²) in [6.07, 6.45) is 2.61. The van der Waals surface area contributed by atoms with Gasteiger partial charge in [-0.2, -0.15) is 0 Å². The Hall–Kier alpha value is -1.64. The van der Waals surface area contributed by atoms with E-state index in [9.17, 15) is 0 Å². The molecule has 4 rings (SSSR count). The first-order valence-corrected chi connectivity index (χ1v) is 13.2. The van der Waals surface area contributed by atoms with Gasteiger partial charge < -0.3 is 0 Å². The molecule has 0 aliphatic carbocycles. The van der Waals surface area contributed by atoms with Crippen LogP contribution in [0.25, 0.3) is 0 Å². The number of benzene rings is 3. The molecule has 0 saturated carbocycles. The maximum atomic E-state index is 8.05. The zero-order chi connectivity index (χ0) is 19.6. The molecule has 1 heterocycles. The Morgan fingerprint density at radius 1 is 0.793 bits per heavy atom. The Morgan fingerprint density at radius 2 is 1.17 bits per heavy atom. The van der Waals surface area contributed by atoms with Crippen LogP contribution in [0.4, 0.5) is 0 Å². The quantitative estimate of drug-likeness (QED) is 0.313. The van der Waals surface area contributed by atoms with E-state index in [1.807, 2.05) is 31.4 Å². The predicted octanol–water partition coefficient (Wildman–Crippen LogP) is 5.79. The van der Waals surface area contributed by atoms with Crippen molar-refractivity contribution in [3.05, 3.63) is 108 Å². The normalized spacial score (nSPS) is 12.6. The monoisotopic (exact) mass is 506 g/mol. The fourth-order valence-corrected chi connectivity index (χ4v) is 10.3. The second-order valence-corrected chi connectivity index (χ2v) is 14.2. The number of hydrogen-bond donors (Lipinski definition) is 0. The van der Waals surface area contributed by atoms with Gasteiger partial charge in [0.1, 0.15) is 0 Å². The van der Waals surface area contributed by atoms with Crippen molar-refractivity contribution in [1.29, 1.82) is 0 Å². The maximum absolute atomic E-state index is 8.05. The predicted molar refractivity (Wildman–Crippen MR) is 133 cm³/mol.